The third-order valence-corrected chi connectivity index (χ3v) is 7.30. The van der Waals surface area contributed by atoms with Crippen molar-refractivity contribution >= 4 is 5.97 Å². The minimum Gasteiger partial charge on any atom is -0.508 e. The number of benzene rings is 2. The molecule has 1 aliphatic rings. The molecule has 0 radical (unpaired) electrons. The molecule has 1 fully saturated rings. The molecular weight excluding hydrogens is 473 g/mol. The highest BCUT2D eigenvalue weighted by molar-refractivity contribution is 5.73. The highest BCUT2D eigenvalue weighted by Crippen LogP contribution is 2.47. The topological polar surface area (TPSA) is 88.9 Å². The van der Waals surface area contributed by atoms with Crippen LogP contribution in [-0.2, 0) is 16.0 Å². The second kappa shape index (κ2) is 11.7. The van der Waals surface area contributed by atoms with Gasteiger partial charge in [0, 0.05) is 17.8 Å². The van der Waals surface area contributed by atoms with E-state index in [-0.39, 0.29) is 29.1 Å². The summed E-state index contributed by atoms with van der Waals surface area (Å²) >= 11 is 0. The number of halogens is 1. The molecule has 1 heterocycles. The van der Waals surface area contributed by atoms with Crippen LogP contribution in [0.1, 0.15) is 61.3 Å². The Morgan fingerprint density at radius 3 is 2.51 bits per heavy atom. The van der Waals surface area contributed by atoms with Crippen molar-refractivity contribution in [2.45, 2.75) is 51.0 Å². The molecule has 0 bridgehead atoms. The van der Waals surface area contributed by atoms with Gasteiger partial charge in [-0.15, -0.1) is 0 Å². The van der Waals surface area contributed by atoms with E-state index in [9.17, 15) is 19.4 Å². The average molecular weight is 508 g/mol. The summed E-state index contributed by atoms with van der Waals surface area (Å²) in [6.07, 6.45) is 4.25. The number of rotatable bonds is 11. The first kappa shape index (κ1) is 26.6. The lowest BCUT2D eigenvalue weighted by atomic mass is 9.82. The van der Waals surface area contributed by atoms with Crippen LogP contribution in [0, 0.1) is 17.7 Å². The van der Waals surface area contributed by atoms with Gasteiger partial charge in [0.1, 0.15) is 11.6 Å². The van der Waals surface area contributed by atoms with Crippen molar-refractivity contribution in [1.29, 1.82) is 0 Å². The number of hydrogen-bond donors (Lipinski definition) is 2. The summed E-state index contributed by atoms with van der Waals surface area (Å²) < 4.78 is 24.9. The number of aromatic hydroxyl groups is 1. The van der Waals surface area contributed by atoms with Gasteiger partial charge in [-0.25, -0.2) is 9.37 Å². The quantitative estimate of drug-likeness (QED) is 0.311. The molecule has 1 unspecified atom stereocenters. The van der Waals surface area contributed by atoms with Crippen molar-refractivity contribution in [3.8, 4) is 22.8 Å². The number of aliphatic hydroxyl groups is 1. The zero-order valence-corrected chi connectivity index (χ0v) is 21.5. The first-order valence-corrected chi connectivity index (χ1v) is 12.7. The van der Waals surface area contributed by atoms with Gasteiger partial charge in [-0.05, 0) is 84.4 Å². The first-order valence-electron chi connectivity index (χ1n) is 12.7. The lowest BCUT2D eigenvalue weighted by Gasteiger charge is -2.23. The molecule has 0 aliphatic heterocycles. The number of pyridine rings is 1. The Morgan fingerprint density at radius 2 is 1.86 bits per heavy atom. The molecule has 37 heavy (non-hydrogen) atoms. The molecule has 196 valence electrons. The van der Waals surface area contributed by atoms with Crippen molar-refractivity contribution < 1.29 is 28.9 Å². The van der Waals surface area contributed by atoms with Crippen molar-refractivity contribution in [3.63, 3.8) is 0 Å². The Labute approximate surface area is 217 Å². The van der Waals surface area contributed by atoms with Crippen molar-refractivity contribution in [3.05, 3.63) is 77.2 Å². The predicted molar refractivity (Wildman–Crippen MR) is 139 cm³/mol. The van der Waals surface area contributed by atoms with Gasteiger partial charge in [-0.2, -0.15) is 0 Å². The summed E-state index contributed by atoms with van der Waals surface area (Å²) in [5, 5.41) is 21.3. The number of aliphatic hydroxyl groups excluding tert-OH is 1. The maximum Gasteiger partial charge on any atom is 0.309 e. The molecular formula is C30H34FNO5. The molecule has 7 heteroatoms. The van der Waals surface area contributed by atoms with Crippen LogP contribution in [0.4, 0.5) is 4.39 Å². The van der Waals surface area contributed by atoms with Gasteiger partial charge in [0.25, 0.3) is 0 Å². The van der Waals surface area contributed by atoms with Gasteiger partial charge in [-0.1, -0.05) is 31.2 Å². The molecule has 6 nitrogen and oxygen atoms in total. The first-order chi connectivity index (χ1) is 17.8. The number of hydrogen-bond acceptors (Lipinski definition) is 6. The second-order valence-corrected chi connectivity index (χ2v) is 9.79. The normalized spacial score (nSPS) is 15.6. The van der Waals surface area contributed by atoms with Crippen LogP contribution in [0.2, 0.25) is 0 Å². The zero-order chi connectivity index (χ0) is 26.5. The fourth-order valence-electron chi connectivity index (χ4n) is 5.08. The molecule has 2 N–H and O–H groups in total. The van der Waals surface area contributed by atoms with E-state index < -0.39 is 11.9 Å². The van der Waals surface area contributed by atoms with Gasteiger partial charge in [0.05, 0.1) is 26.2 Å². The summed E-state index contributed by atoms with van der Waals surface area (Å²) in [5.74, 6) is 0.0796. The Balaban J connectivity index is 1.38. The minimum absolute atomic E-state index is 0.0217. The van der Waals surface area contributed by atoms with Crippen molar-refractivity contribution in [1.82, 2.24) is 4.98 Å². The SMILES string of the molecule is COC(=O)[C@@H](C)[C@H](c1ccc(CCCC(O)c2ccc(-c3ccnc(OC)c3)cc2F)c(O)c1)C1CC1. The highest BCUT2D eigenvalue weighted by atomic mass is 19.1. The van der Waals surface area contributed by atoms with E-state index in [2.05, 4.69) is 4.98 Å². The summed E-state index contributed by atoms with van der Waals surface area (Å²) in [6.45, 7) is 1.88. The van der Waals surface area contributed by atoms with Crippen LogP contribution >= 0.6 is 0 Å². The summed E-state index contributed by atoms with van der Waals surface area (Å²) in [7, 11) is 2.92. The number of ether oxygens (including phenoxy) is 2. The minimum atomic E-state index is -0.956. The van der Waals surface area contributed by atoms with Crippen LogP contribution in [0.25, 0.3) is 11.1 Å². The molecule has 2 aromatic carbocycles. The average Bonchev–Trinajstić information content (AvgIpc) is 3.74. The van der Waals surface area contributed by atoms with E-state index in [0.29, 0.717) is 36.6 Å². The van der Waals surface area contributed by atoms with Crippen LogP contribution in [0.3, 0.4) is 0 Å². The Bertz CT molecular complexity index is 1240. The van der Waals surface area contributed by atoms with Crippen LogP contribution in [0.5, 0.6) is 11.6 Å². The molecule has 0 amide bonds. The van der Waals surface area contributed by atoms with Crippen LogP contribution < -0.4 is 4.74 Å². The molecule has 0 saturated heterocycles. The third kappa shape index (κ3) is 6.28. The van der Waals surface area contributed by atoms with E-state index in [0.717, 1.165) is 29.5 Å². The summed E-state index contributed by atoms with van der Waals surface area (Å²) in [4.78, 5) is 16.2. The van der Waals surface area contributed by atoms with E-state index in [1.165, 1.54) is 20.3 Å². The Hall–Kier alpha value is -3.45. The molecule has 1 aliphatic carbocycles. The zero-order valence-electron chi connectivity index (χ0n) is 21.5. The largest absolute Gasteiger partial charge is 0.508 e. The third-order valence-electron chi connectivity index (χ3n) is 7.30. The smallest absolute Gasteiger partial charge is 0.309 e. The number of aromatic nitrogens is 1. The number of phenols is 1. The maximum absolute atomic E-state index is 14.8. The Kier molecular flexibility index (Phi) is 8.44. The lowest BCUT2D eigenvalue weighted by molar-refractivity contribution is -0.145. The van der Waals surface area contributed by atoms with E-state index in [4.69, 9.17) is 9.47 Å². The van der Waals surface area contributed by atoms with E-state index in [1.807, 2.05) is 19.1 Å². The monoisotopic (exact) mass is 507 g/mol. The number of aryl methyl sites for hydroxylation is 1. The van der Waals surface area contributed by atoms with Crippen LogP contribution in [0.15, 0.2) is 54.7 Å². The fourth-order valence-corrected chi connectivity index (χ4v) is 5.08. The molecule has 4 rings (SSSR count). The molecule has 3 aromatic rings. The van der Waals surface area contributed by atoms with Gasteiger partial charge in [-0.3, -0.25) is 4.79 Å². The number of methoxy groups -OCH3 is 2. The number of phenolic OH excluding ortho intramolecular Hbond substituents is 1. The van der Waals surface area contributed by atoms with E-state index >= 15 is 0 Å². The fraction of sp³-hybridized carbons (Fsp3) is 0.400. The molecule has 0 spiro atoms. The summed E-state index contributed by atoms with van der Waals surface area (Å²) in [6, 6.07) is 13.9. The molecule has 3 atom stereocenters. The summed E-state index contributed by atoms with van der Waals surface area (Å²) in [5.41, 5.74) is 3.39. The highest BCUT2D eigenvalue weighted by Gasteiger charge is 2.39. The molecule has 1 saturated carbocycles. The number of esters is 1. The number of carbonyl (C=O) groups excluding carboxylic acids is 1. The predicted octanol–water partition coefficient (Wildman–Crippen LogP) is 5.96. The maximum atomic E-state index is 14.8. The molecule has 1 aromatic heterocycles. The van der Waals surface area contributed by atoms with Gasteiger partial charge >= 0.3 is 5.97 Å². The standard InChI is InChI=1S/C30H34FNO5/c1-18(30(35)37-3)29(20-8-9-20)23-10-7-19(27(34)16-23)5-4-6-26(33)24-12-11-21(15-25(24)31)22-13-14-32-28(17-22)36-2/h7,10-18,20,26,29,33-34H,4-6,8-9H2,1-3H3/t18-,26?,29-/m0/s1. The van der Waals surface area contributed by atoms with Crippen LogP contribution in [-0.4, -0.2) is 35.4 Å². The Morgan fingerprint density at radius 1 is 1.11 bits per heavy atom. The van der Waals surface area contributed by atoms with Gasteiger partial charge in [0.2, 0.25) is 5.88 Å². The van der Waals surface area contributed by atoms with Crippen molar-refractivity contribution in [2.24, 2.45) is 11.8 Å². The number of nitrogens with zero attached hydrogens (tertiary/aromatic N) is 1. The lowest BCUT2D eigenvalue weighted by Crippen LogP contribution is -2.22. The number of carbonyl (C=O) groups is 1. The van der Waals surface area contributed by atoms with E-state index in [1.54, 1.807) is 36.5 Å². The van der Waals surface area contributed by atoms with Gasteiger partial charge < -0.3 is 19.7 Å². The second-order valence-electron chi connectivity index (χ2n) is 9.79. The van der Waals surface area contributed by atoms with Crippen molar-refractivity contribution in [2.75, 3.05) is 14.2 Å². The van der Waals surface area contributed by atoms with Gasteiger partial charge in [0.15, 0.2) is 0 Å².